The number of ether oxygens (including phenoxy) is 1. The highest BCUT2D eigenvalue weighted by Crippen LogP contribution is 2.13. The van der Waals surface area contributed by atoms with E-state index < -0.39 is 0 Å². The number of hydrogen-bond acceptors (Lipinski definition) is 3. The summed E-state index contributed by atoms with van der Waals surface area (Å²) >= 11 is 0. The van der Waals surface area contributed by atoms with Crippen molar-refractivity contribution in [3.63, 3.8) is 0 Å². The molecule has 1 fully saturated rings. The van der Waals surface area contributed by atoms with Gasteiger partial charge in [0.1, 0.15) is 0 Å². The summed E-state index contributed by atoms with van der Waals surface area (Å²) in [5.41, 5.74) is 1.12. The van der Waals surface area contributed by atoms with Crippen molar-refractivity contribution in [3.05, 3.63) is 35.9 Å². The highest BCUT2D eigenvalue weighted by Gasteiger charge is 2.28. The highest BCUT2D eigenvalue weighted by atomic mass is 16.5. The van der Waals surface area contributed by atoms with E-state index in [-0.39, 0.29) is 11.9 Å². The van der Waals surface area contributed by atoms with Crippen molar-refractivity contribution in [3.8, 4) is 0 Å². The molecule has 6 nitrogen and oxygen atoms in total. The van der Waals surface area contributed by atoms with Gasteiger partial charge in [0.2, 0.25) is 5.91 Å². The second-order valence-electron chi connectivity index (χ2n) is 5.27. The number of nitrogens with zero attached hydrogens (tertiary/aromatic N) is 2. The Morgan fingerprint density at radius 3 is 2.68 bits per heavy atom. The van der Waals surface area contributed by atoms with Crippen LogP contribution in [-0.2, 0) is 16.1 Å². The zero-order chi connectivity index (χ0) is 15.8. The van der Waals surface area contributed by atoms with E-state index in [1.54, 1.807) is 12.0 Å². The first-order valence-corrected chi connectivity index (χ1v) is 7.54. The van der Waals surface area contributed by atoms with Crippen molar-refractivity contribution < 1.29 is 14.3 Å². The van der Waals surface area contributed by atoms with Crippen LogP contribution in [0, 0.1) is 0 Å². The Labute approximate surface area is 131 Å². The standard InChI is InChI=1S/C16H23N3O3/c1-22-12-8-17-15(20)7-9-18-10-11-19(16(18)21)13-14-5-3-2-4-6-14/h2-6H,7-13H2,1H3,(H,17,20). The Bertz CT molecular complexity index is 493. The van der Waals surface area contributed by atoms with Crippen molar-refractivity contribution in [2.75, 3.05) is 39.9 Å². The molecule has 2 rings (SSSR count). The molecule has 0 unspecified atom stereocenters. The second kappa shape index (κ2) is 8.38. The normalized spacial score (nSPS) is 14.5. The van der Waals surface area contributed by atoms with Gasteiger partial charge in [0.05, 0.1) is 6.61 Å². The lowest BCUT2D eigenvalue weighted by atomic mass is 10.2. The molecule has 0 aromatic heterocycles. The maximum atomic E-state index is 12.3. The van der Waals surface area contributed by atoms with Crippen molar-refractivity contribution in [2.24, 2.45) is 0 Å². The van der Waals surface area contributed by atoms with Crippen molar-refractivity contribution in [1.29, 1.82) is 0 Å². The van der Waals surface area contributed by atoms with Crippen molar-refractivity contribution in [2.45, 2.75) is 13.0 Å². The van der Waals surface area contributed by atoms with Crippen LogP contribution in [0.25, 0.3) is 0 Å². The Kier molecular flexibility index (Phi) is 6.21. The van der Waals surface area contributed by atoms with Crippen LogP contribution in [-0.4, -0.2) is 61.6 Å². The number of carbonyl (C=O) groups excluding carboxylic acids is 2. The van der Waals surface area contributed by atoms with E-state index in [2.05, 4.69) is 5.32 Å². The van der Waals surface area contributed by atoms with Gasteiger partial charge in [-0.2, -0.15) is 0 Å². The molecular formula is C16H23N3O3. The zero-order valence-electron chi connectivity index (χ0n) is 13.0. The molecule has 3 amide bonds. The van der Waals surface area contributed by atoms with E-state index in [1.807, 2.05) is 35.2 Å². The van der Waals surface area contributed by atoms with E-state index in [0.29, 0.717) is 45.8 Å². The SMILES string of the molecule is COCCNC(=O)CCN1CCN(Cc2ccccc2)C1=O. The Morgan fingerprint density at radius 2 is 1.95 bits per heavy atom. The van der Waals surface area contributed by atoms with Gasteiger partial charge >= 0.3 is 6.03 Å². The van der Waals surface area contributed by atoms with E-state index in [4.69, 9.17) is 4.74 Å². The second-order valence-corrected chi connectivity index (χ2v) is 5.27. The van der Waals surface area contributed by atoms with Gasteiger partial charge in [-0.1, -0.05) is 30.3 Å². The van der Waals surface area contributed by atoms with Crippen LogP contribution >= 0.6 is 0 Å². The fraction of sp³-hybridized carbons (Fsp3) is 0.500. The maximum Gasteiger partial charge on any atom is 0.320 e. The van der Waals surface area contributed by atoms with Crippen LogP contribution in [0.2, 0.25) is 0 Å². The van der Waals surface area contributed by atoms with Crippen LogP contribution in [0.3, 0.4) is 0 Å². The minimum absolute atomic E-state index is 0.00791. The smallest absolute Gasteiger partial charge is 0.320 e. The molecule has 6 heteroatoms. The van der Waals surface area contributed by atoms with Crippen LogP contribution in [0.15, 0.2) is 30.3 Å². The first-order chi connectivity index (χ1) is 10.7. The molecule has 0 spiro atoms. The van der Waals surface area contributed by atoms with Gasteiger partial charge in [-0.3, -0.25) is 4.79 Å². The van der Waals surface area contributed by atoms with Gasteiger partial charge in [-0.05, 0) is 5.56 Å². The molecule has 1 aliphatic heterocycles. The number of rotatable bonds is 8. The summed E-state index contributed by atoms with van der Waals surface area (Å²) < 4.78 is 4.87. The number of benzene rings is 1. The van der Waals surface area contributed by atoms with Crippen LogP contribution in [0.5, 0.6) is 0 Å². The quantitative estimate of drug-likeness (QED) is 0.731. The van der Waals surface area contributed by atoms with Gasteiger partial charge in [-0.25, -0.2) is 4.79 Å². The average molecular weight is 305 g/mol. The predicted molar refractivity (Wildman–Crippen MR) is 83.3 cm³/mol. The van der Waals surface area contributed by atoms with E-state index in [1.165, 1.54) is 0 Å². The van der Waals surface area contributed by atoms with Crippen LogP contribution in [0.1, 0.15) is 12.0 Å². The number of methoxy groups -OCH3 is 1. The predicted octanol–water partition coefficient (Wildman–Crippen LogP) is 1.08. The molecular weight excluding hydrogens is 282 g/mol. The average Bonchev–Trinajstić information content (AvgIpc) is 2.87. The van der Waals surface area contributed by atoms with Gasteiger partial charge in [0.15, 0.2) is 0 Å². The molecule has 120 valence electrons. The molecule has 1 aromatic carbocycles. The molecule has 22 heavy (non-hydrogen) atoms. The first-order valence-electron chi connectivity index (χ1n) is 7.54. The molecule has 1 aliphatic rings. The van der Waals surface area contributed by atoms with Crippen LogP contribution < -0.4 is 5.32 Å². The Balaban J connectivity index is 1.73. The molecule has 0 atom stereocenters. The number of nitrogens with one attached hydrogen (secondary N) is 1. The lowest BCUT2D eigenvalue weighted by Gasteiger charge is -2.18. The number of urea groups is 1. The third-order valence-corrected chi connectivity index (χ3v) is 3.63. The summed E-state index contributed by atoms with van der Waals surface area (Å²) in [5.74, 6) is -0.0497. The maximum absolute atomic E-state index is 12.3. The summed E-state index contributed by atoms with van der Waals surface area (Å²) in [6.45, 7) is 3.47. The Hall–Kier alpha value is -2.08. The summed E-state index contributed by atoms with van der Waals surface area (Å²) in [6.07, 6.45) is 0.328. The largest absolute Gasteiger partial charge is 0.383 e. The van der Waals surface area contributed by atoms with E-state index >= 15 is 0 Å². The Morgan fingerprint density at radius 1 is 1.23 bits per heavy atom. The number of hydrogen-bond donors (Lipinski definition) is 1. The first kappa shape index (κ1) is 16.3. The number of amides is 3. The van der Waals surface area contributed by atoms with Crippen molar-refractivity contribution in [1.82, 2.24) is 15.1 Å². The number of carbonyl (C=O) groups is 2. The molecule has 1 saturated heterocycles. The lowest BCUT2D eigenvalue weighted by Crippen LogP contribution is -2.35. The zero-order valence-corrected chi connectivity index (χ0v) is 13.0. The monoisotopic (exact) mass is 305 g/mol. The molecule has 0 aliphatic carbocycles. The van der Waals surface area contributed by atoms with E-state index in [9.17, 15) is 9.59 Å². The molecule has 1 aromatic rings. The van der Waals surface area contributed by atoms with Gasteiger partial charge < -0.3 is 19.9 Å². The summed E-state index contributed by atoms with van der Waals surface area (Å²) in [5, 5.41) is 2.76. The van der Waals surface area contributed by atoms with Gasteiger partial charge in [-0.15, -0.1) is 0 Å². The minimum atomic E-state index is -0.0497. The fourth-order valence-corrected chi connectivity index (χ4v) is 2.41. The summed E-state index contributed by atoms with van der Waals surface area (Å²) in [6, 6.07) is 9.94. The minimum Gasteiger partial charge on any atom is -0.383 e. The third-order valence-electron chi connectivity index (χ3n) is 3.63. The summed E-state index contributed by atoms with van der Waals surface area (Å²) in [4.78, 5) is 27.5. The summed E-state index contributed by atoms with van der Waals surface area (Å²) in [7, 11) is 1.59. The molecule has 1 heterocycles. The third kappa shape index (κ3) is 4.73. The van der Waals surface area contributed by atoms with E-state index in [0.717, 1.165) is 5.56 Å². The molecule has 0 bridgehead atoms. The fourth-order valence-electron chi connectivity index (χ4n) is 2.41. The van der Waals surface area contributed by atoms with Crippen molar-refractivity contribution >= 4 is 11.9 Å². The van der Waals surface area contributed by atoms with Crippen LogP contribution in [0.4, 0.5) is 4.79 Å². The molecule has 0 saturated carbocycles. The molecule has 1 N–H and O–H groups in total. The topological polar surface area (TPSA) is 61.9 Å². The lowest BCUT2D eigenvalue weighted by molar-refractivity contribution is -0.121. The van der Waals surface area contributed by atoms with Gasteiger partial charge in [0, 0.05) is 46.3 Å². The highest BCUT2D eigenvalue weighted by molar-refractivity contribution is 5.79. The molecule has 0 radical (unpaired) electrons. The van der Waals surface area contributed by atoms with Gasteiger partial charge in [0.25, 0.3) is 0 Å².